The van der Waals surface area contributed by atoms with Crippen LogP contribution < -0.4 is 10.1 Å². The van der Waals surface area contributed by atoms with Crippen LogP contribution in [0.4, 0.5) is 10.5 Å². The van der Waals surface area contributed by atoms with Crippen LogP contribution in [0.2, 0.25) is 5.02 Å². The Balaban J connectivity index is 1.40. The summed E-state index contributed by atoms with van der Waals surface area (Å²) in [5.74, 6) is 0.942. The first-order chi connectivity index (χ1) is 13.6. The van der Waals surface area contributed by atoms with E-state index in [1.807, 2.05) is 23.4 Å². The Morgan fingerprint density at radius 3 is 3.07 bits per heavy atom. The number of hydrogen-bond donors (Lipinski definition) is 1. The van der Waals surface area contributed by atoms with Crippen LogP contribution in [-0.4, -0.2) is 45.7 Å². The van der Waals surface area contributed by atoms with Crippen LogP contribution in [-0.2, 0) is 6.54 Å². The van der Waals surface area contributed by atoms with Gasteiger partial charge in [-0.15, -0.1) is 0 Å². The van der Waals surface area contributed by atoms with Gasteiger partial charge in [0, 0.05) is 31.5 Å². The fourth-order valence-electron chi connectivity index (χ4n) is 3.65. The van der Waals surface area contributed by atoms with Gasteiger partial charge in [-0.3, -0.25) is 0 Å². The number of carbonyl (C=O) groups is 1. The number of piperidine rings is 1. The number of carbonyl (C=O) groups excluding carboxylic acids is 1. The van der Waals surface area contributed by atoms with Gasteiger partial charge < -0.3 is 19.5 Å². The summed E-state index contributed by atoms with van der Waals surface area (Å²) in [6, 6.07) is 8.96. The lowest BCUT2D eigenvalue weighted by Gasteiger charge is -2.33. The number of aromatic nitrogens is 3. The number of urea groups is 1. The highest BCUT2D eigenvalue weighted by Crippen LogP contribution is 2.28. The number of hydrogen-bond acceptors (Lipinski definition) is 4. The molecule has 0 aliphatic carbocycles. The number of amides is 2. The van der Waals surface area contributed by atoms with Crippen LogP contribution in [0.15, 0.2) is 42.9 Å². The van der Waals surface area contributed by atoms with Crippen LogP contribution in [0, 0.1) is 5.92 Å². The van der Waals surface area contributed by atoms with E-state index in [-0.39, 0.29) is 6.03 Å². The standard InChI is InChI=1S/C20H22ClN5O2/c1-28-18-7-6-15(10-16(18)21)24-20(27)25-9-3-4-14(11-25)12-26-13-23-17-5-2-8-22-19(17)26/h2,5-8,10,13-14H,3-4,9,11-12H2,1H3,(H,24,27). The van der Waals surface area contributed by atoms with Gasteiger partial charge in [0.15, 0.2) is 5.65 Å². The molecule has 0 bridgehead atoms. The number of benzene rings is 1. The molecule has 0 radical (unpaired) electrons. The summed E-state index contributed by atoms with van der Waals surface area (Å²) >= 11 is 6.14. The van der Waals surface area contributed by atoms with Crippen molar-refractivity contribution in [2.45, 2.75) is 19.4 Å². The Hall–Kier alpha value is -2.80. The molecule has 1 aliphatic heterocycles. The molecule has 146 valence electrons. The van der Waals surface area contributed by atoms with E-state index in [1.165, 1.54) is 0 Å². The molecule has 1 atom stereocenters. The molecule has 1 saturated heterocycles. The molecule has 4 rings (SSSR count). The minimum absolute atomic E-state index is 0.112. The second-order valence-electron chi connectivity index (χ2n) is 6.98. The molecule has 3 aromatic rings. The Morgan fingerprint density at radius 2 is 2.25 bits per heavy atom. The Bertz CT molecular complexity index is 990. The second-order valence-corrected chi connectivity index (χ2v) is 7.38. The number of nitrogens with one attached hydrogen (secondary N) is 1. The van der Waals surface area contributed by atoms with Crippen molar-refractivity contribution in [1.82, 2.24) is 19.4 Å². The number of fused-ring (bicyclic) bond motifs is 1. The minimum atomic E-state index is -0.112. The molecule has 1 unspecified atom stereocenters. The zero-order valence-electron chi connectivity index (χ0n) is 15.6. The number of methoxy groups -OCH3 is 1. The van der Waals surface area contributed by atoms with Gasteiger partial charge in [-0.25, -0.2) is 14.8 Å². The van der Waals surface area contributed by atoms with Gasteiger partial charge in [-0.05, 0) is 49.1 Å². The molecule has 1 aliphatic rings. The van der Waals surface area contributed by atoms with Crippen molar-refractivity contribution in [2.24, 2.45) is 5.92 Å². The molecule has 3 heterocycles. The van der Waals surface area contributed by atoms with Crippen molar-refractivity contribution < 1.29 is 9.53 Å². The third kappa shape index (κ3) is 3.89. The number of rotatable bonds is 4. The fraction of sp³-hybridized carbons (Fsp3) is 0.350. The monoisotopic (exact) mass is 399 g/mol. The van der Waals surface area contributed by atoms with Gasteiger partial charge in [0.1, 0.15) is 11.3 Å². The van der Waals surface area contributed by atoms with Gasteiger partial charge in [0.25, 0.3) is 0 Å². The van der Waals surface area contributed by atoms with Gasteiger partial charge in [-0.2, -0.15) is 0 Å². The normalized spacial score (nSPS) is 16.9. The molecule has 2 aromatic heterocycles. The molecule has 0 spiro atoms. The van der Waals surface area contributed by atoms with Crippen LogP contribution in [0.1, 0.15) is 12.8 Å². The van der Waals surface area contributed by atoms with Crippen molar-refractivity contribution >= 4 is 34.5 Å². The number of imidazole rings is 1. The van der Waals surface area contributed by atoms with Crippen LogP contribution in [0.5, 0.6) is 5.75 Å². The smallest absolute Gasteiger partial charge is 0.321 e. The van der Waals surface area contributed by atoms with E-state index in [0.29, 0.717) is 28.9 Å². The molecule has 8 heteroatoms. The third-order valence-electron chi connectivity index (χ3n) is 5.04. The predicted octanol–water partition coefficient (Wildman–Crippen LogP) is 4.04. The van der Waals surface area contributed by atoms with E-state index in [4.69, 9.17) is 16.3 Å². The van der Waals surface area contributed by atoms with E-state index in [0.717, 1.165) is 37.1 Å². The number of nitrogens with zero attached hydrogens (tertiary/aromatic N) is 4. The topological polar surface area (TPSA) is 72.3 Å². The number of halogens is 1. The Kier molecular flexibility index (Phi) is 5.34. The number of likely N-dealkylation sites (tertiary alicyclic amines) is 1. The zero-order chi connectivity index (χ0) is 19.5. The number of anilines is 1. The highest BCUT2D eigenvalue weighted by molar-refractivity contribution is 6.32. The molecule has 1 N–H and O–H groups in total. The van der Waals surface area contributed by atoms with E-state index in [2.05, 4.69) is 19.9 Å². The van der Waals surface area contributed by atoms with Crippen molar-refractivity contribution in [3.05, 3.63) is 47.9 Å². The SMILES string of the molecule is COc1ccc(NC(=O)N2CCCC(Cn3cnc4cccnc43)C2)cc1Cl. The maximum atomic E-state index is 12.7. The molecular formula is C20H22ClN5O2. The van der Waals surface area contributed by atoms with Gasteiger partial charge in [-0.1, -0.05) is 11.6 Å². The molecular weight excluding hydrogens is 378 g/mol. The first-order valence-electron chi connectivity index (χ1n) is 9.29. The van der Waals surface area contributed by atoms with Crippen molar-refractivity contribution in [2.75, 3.05) is 25.5 Å². The van der Waals surface area contributed by atoms with E-state index >= 15 is 0 Å². The predicted molar refractivity (Wildman–Crippen MR) is 109 cm³/mol. The summed E-state index contributed by atoms with van der Waals surface area (Å²) in [6.45, 7) is 2.24. The maximum Gasteiger partial charge on any atom is 0.321 e. The summed E-state index contributed by atoms with van der Waals surface area (Å²) in [4.78, 5) is 23.4. The lowest BCUT2D eigenvalue weighted by molar-refractivity contribution is 0.171. The van der Waals surface area contributed by atoms with E-state index in [1.54, 1.807) is 31.5 Å². The van der Waals surface area contributed by atoms with Crippen molar-refractivity contribution in [3.63, 3.8) is 0 Å². The Labute approximate surface area is 168 Å². The molecule has 0 saturated carbocycles. The summed E-state index contributed by atoms with van der Waals surface area (Å²) in [7, 11) is 1.56. The van der Waals surface area contributed by atoms with E-state index < -0.39 is 0 Å². The average molecular weight is 400 g/mol. The van der Waals surface area contributed by atoms with Gasteiger partial charge in [0.05, 0.1) is 18.5 Å². The quantitative estimate of drug-likeness (QED) is 0.718. The van der Waals surface area contributed by atoms with Gasteiger partial charge in [0.2, 0.25) is 0 Å². The minimum Gasteiger partial charge on any atom is -0.495 e. The average Bonchev–Trinajstić information content (AvgIpc) is 3.11. The van der Waals surface area contributed by atoms with Crippen molar-refractivity contribution in [1.29, 1.82) is 0 Å². The zero-order valence-corrected chi connectivity index (χ0v) is 16.4. The lowest BCUT2D eigenvalue weighted by Crippen LogP contribution is -2.43. The Morgan fingerprint density at radius 1 is 1.36 bits per heavy atom. The summed E-state index contributed by atoms with van der Waals surface area (Å²) < 4.78 is 7.22. The van der Waals surface area contributed by atoms with Crippen LogP contribution in [0.25, 0.3) is 11.2 Å². The van der Waals surface area contributed by atoms with Crippen LogP contribution >= 0.6 is 11.6 Å². The molecule has 2 amide bonds. The molecule has 7 nitrogen and oxygen atoms in total. The molecule has 1 aromatic carbocycles. The first kappa shape index (κ1) is 18.6. The highest BCUT2D eigenvalue weighted by Gasteiger charge is 2.24. The summed E-state index contributed by atoms with van der Waals surface area (Å²) in [6.07, 6.45) is 5.66. The molecule has 28 heavy (non-hydrogen) atoms. The third-order valence-corrected chi connectivity index (χ3v) is 5.33. The highest BCUT2D eigenvalue weighted by atomic mass is 35.5. The largest absolute Gasteiger partial charge is 0.495 e. The number of pyridine rings is 1. The molecule has 1 fully saturated rings. The van der Waals surface area contributed by atoms with Gasteiger partial charge >= 0.3 is 6.03 Å². The maximum absolute atomic E-state index is 12.7. The first-order valence-corrected chi connectivity index (χ1v) is 9.67. The van der Waals surface area contributed by atoms with E-state index in [9.17, 15) is 4.79 Å². The van der Waals surface area contributed by atoms with Crippen molar-refractivity contribution in [3.8, 4) is 5.75 Å². The lowest BCUT2D eigenvalue weighted by atomic mass is 9.98. The number of ether oxygens (including phenoxy) is 1. The van der Waals surface area contributed by atoms with Crippen LogP contribution in [0.3, 0.4) is 0 Å². The second kappa shape index (κ2) is 8.06. The summed E-state index contributed by atoms with van der Waals surface area (Å²) in [5, 5.41) is 3.40. The summed E-state index contributed by atoms with van der Waals surface area (Å²) in [5.41, 5.74) is 2.43. The fourth-order valence-corrected chi connectivity index (χ4v) is 3.91.